The molecular weight excluding hydrogens is 218 g/mol. The van der Waals surface area contributed by atoms with E-state index in [4.69, 9.17) is 5.21 Å². The maximum Gasteiger partial charge on any atom is 0.0634 e. The van der Waals surface area contributed by atoms with E-state index in [0.29, 0.717) is 0 Å². The average Bonchev–Trinajstić information content (AvgIpc) is 2.78. The fourth-order valence-corrected chi connectivity index (χ4v) is 2.63. The highest BCUT2D eigenvalue weighted by molar-refractivity contribution is 7.12. The molecule has 2 aromatic rings. The summed E-state index contributed by atoms with van der Waals surface area (Å²) >= 11 is 1.74. The lowest BCUT2D eigenvalue weighted by Gasteiger charge is -2.04. The van der Waals surface area contributed by atoms with Gasteiger partial charge in [-0.25, -0.2) is 0 Å². The Morgan fingerprint density at radius 2 is 1.94 bits per heavy atom. The van der Waals surface area contributed by atoms with Crippen LogP contribution in [0.5, 0.6) is 0 Å². The summed E-state index contributed by atoms with van der Waals surface area (Å²) < 4.78 is 0. The first-order chi connectivity index (χ1) is 7.79. The van der Waals surface area contributed by atoms with Gasteiger partial charge in [-0.3, -0.25) is 0 Å². The Morgan fingerprint density at radius 1 is 1.19 bits per heavy atom. The predicted molar refractivity (Wildman–Crippen MR) is 66.9 cm³/mol. The van der Waals surface area contributed by atoms with Crippen molar-refractivity contribution in [3.63, 3.8) is 0 Å². The number of hydrogen-bond donors (Lipinski definition) is 2. The monoisotopic (exact) mass is 233 g/mol. The molecule has 84 valence electrons. The highest BCUT2D eigenvalue weighted by Crippen LogP contribution is 2.24. The Balaban J connectivity index is 2.09. The van der Waals surface area contributed by atoms with Crippen LogP contribution < -0.4 is 5.48 Å². The lowest BCUT2D eigenvalue weighted by molar-refractivity contribution is 0.135. The standard InChI is InChI=1S/C13H15NOS/c1-10(14-15)13-8-7-12(16-13)9-11-5-3-2-4-6-11/h2-8,10,14-15H,9H2,1H3. The third-order valence-corrected chi connectivity index (χ3v) is 3.79. The molecule has 1 unspecified atom stereocenters. The molecule has 0 aliphatic rings. The molecule has 0 saturated heterocycles. The number of benzene rings is 1. The van der Waals surface area contributed by atoms with Gasteiger partial charge in [0.25, 0.3) is 0 Å². The number of hydrogen-bond acceptors (Lipinski definition) is 3. The molecule has 3 heteroatoms. The minimum Gasteiger partial charge on any atom is -0.316 e. The molecule has 0 aliphatic carbocycles. The van der Waals surface area contributed by atoms with Crippen molar-refractivity contribution in [1.29, 1.82) is 0 Å². The van der Waals surface area contributed by atoms with Crippen molar-refractivity contribution >= 4 is 11.3 Å². The molecule has 2 N–H and O–H groups in total. The number of thiophene rings is 1. The van der Waals surface area contributed by atoms with Gasteiger partial charge in [-0.2, -0.15) is 5.48 Å². The largest absolute Gasteiger partial charge is 0.316 e. The summed E-state index contributed by atoms with van der Waals surface area (Å²) in [5.41, 5.74) is 3.59. The third kappa shape index (κ3) is 2.70. The summed E-state index contributed by atoms with van der Waals surface area (Å²) in [7, 11) is 0. The summed E-state index contributed by atoms with van der Waals surface area (Å²) in [5.74, 6) is 0. The van der Waals surface area contributed by atoms with Gasteiger partial charge in [0.1, 0.15) is 0 Å². The smallest absolute Gasteiger partial charge is 0.0634 e. The van der Waals surface area contributed by atoms with E-state index in [1.165, 1.54) is 10.4 Å². The van der Waals surface area contributed by atoms with Crippen molar-refractivity contribution in [3.05, 3.63) is 57.8 Å². The maximum absolute atomic E-state index is 8.84. The Hall–Kier alpha value is -1.16. The van der Waals surface area contributed by atoms with Gasteiger partial charge >= 0.3 is 0 Å². The molecule has 0 bridgehead atoms. The van der Waals surface area contributed by atoms with Crippen molar-refractivity contribution in [2.75, 3.05) is 0 Å². The molecule has 0 saturated carbocycles. The minimum atomic E-state index is 0.00882. The normalized spacial score (nSPS) is 12.6. The molecule has 2 nitrogen and oxygen atoms in total. The highest BCUT2D eigenvalue weighted by Gasteiger charge is 2.07. The van der Waals surface area contributed by atoms with Crippen LogP contribution in [-0.2, 0) is 6.42 Å². The third-order valence-electron chi connectivity index (χ3n) is 2.52. The quantitative estimate of drug-likeness (QED) is 0.793. The molecule has 2 rings (SSSR count). The fourth-order valence-electron chi connectivity index (χ4n) is 1.58. The zero-order valence-electron chi connectivity index (χ0n) is 9.18. The van der Waals surface area contributed by atoms with Crippen LogP contribution in [0.4, 0.5) is 0 Å². The van der Waals surface area contributed by atoms with Gasteiger partial charge in [-0.05, 0) is 24.6 Å². The van der Waals surface area contributed by atoms with Gasteiger partial charge in [0.05, 0.1) is 6.04 Å². The minimum absolute atomic E-state index is 0.00882. The van der Waals surface area contributed by atoms with Crippen molar-refractivity contribution in [3.8, 4) is 0 Å². The van der Waals surface area contributed by atoms with Crippen LogP contribution in [0.3, 0.4) is 0 Å². The van der Waals surface area contributed by atoms with E-state index in [1.54, 1.807) is 11.3 Å². The number of rotatable bonds is 4. The molecule has 1 heterocycles. The molecule has 0 spiro atoms. The summed E-state index contributed by atoms with van der Waals surface area (Å²) in [6, 6.07) is 14.6. The molecule has 0 aliphatic heterocycles. The molecule has 16 heavy (non-hydrogen) atoms. The predicted octanol–water partition coefficient (Wildman–Crippen LogP) is 3.38. The van der Waals surface area contributed by atoms with Crippen LogP contribution in [-0.4, -0.2) is 5.21 Å². The van der Waals surface area contributed by atoms with E-state index in [-0.39, 0.29) is 6.04 Å². The van der Waals surface area contributed by atoms with Gasteiger partial charge in [0.15, 0.2) is 0 Å². The first-order valence-corrected chi connectivity index (χ1v) is 6.13. The summed E-state index contributed by atoms with van der Waals surface area (Å²) in [5, 5.41) is 8.84. The summed E-state index contributed by atoms with van der Waals surface area (Å²) in [4.78, 5) is 2.48. The van der Waals surface area contributed by atoms with Crippen LogP contribution in [0.25, 0.3) is 0 Å². The molecule has 1 aromatic heterocycles. The molecule has 1 aromatic carbocycles. The Kier molecular flexibility index (Phi) is 3.72. The first kappa shape index (κ1) is 11.3. The zero-order valence-corrected chi connectivity index (χ0v) is 10.00. The zero-order chi connectivity index (χ0) is 11.4. The molecule has 0 amide bonds. The number of nitrogens with one attached hydrogen (secondary N) is 1. The van der Waals surface area contributed by atoms with E-state index in [1.807, 2.05) is 13.0 Å². The fraction of sp³-hybridized carbons (Fsp3) is 0.231. The molecule has 0 fully saturated rings. The molecule has 0 radical (unpaired) electrons. The van der Waals surface area contributed by atoms with Gasteiger partial charge < -0.3 is 5.21 Å². The van der Waals surface area contributed by atoms with Crippen molar-refractivity contribution in [2.24, 2.45) is 0 Å². The van der Waals surface area contributed by atoms with Crippen molar-refractivity contribution < 1.29 is 5.21 Å². The Bertz CT molecular complexity index is 438. The van der Waals surface area contributed by atoms with Crippen LogP contribution >= 0.6 is 11.3 Å². The van der Waals surface area contributed by atoms with E-state index in [0.717, 1.165) is 11.3 Å². The van der Waals surface area contributed by atoms with Crippen molar-refractivity contribution in [1.82, 2.24) is 5.48 Å². The SMILES string of the molecule is CC(NO)c1ccc(Cc2ccccc2)s1. The second-order valence-electron chi connectivity index (χ2n) is 3.82. The van der Waals surface area contributed by atoms with Crippen molar-refractivity contribution in [2.45, 2.75) is 19.4 Å². The van der Waals surface area contributed by atoms with Crippen LogP contribution in [0, 0.1) is 0 Å². The highest BCUT2D eigenvalue weighted by atomic mass is 32.1. The molecular formula is C13H15NOS. The summed E-state index contributed by atoms with van der Waals surface area (Å²) in [6.45, 7) is 1.94. The number of hydroxylamine groups is 1. The van der Waals surface area contributed by atoms with Crippen LogP contribution in [0.15, 0.2) is 42.5 Å². The van der Waals surface area contributed by atoms with E-state index < -0.39 is 0 Å². The van der Waals surface area contributed by atoms with Crippen LogP contribution in [0.1, 0.15) is 28.3 Å². The Morgan fingerprint density at radius 3 is 2.62 bits per heavy atom. The van der Waals surface area contributed by atoms with Gasteiger partial charge in [0, 0.05) is 16.2 Å². The van der Waals surface area contributed by atoms with Gasteiger partial charge in [0.2, 0.25) is 0 Å². The average molecular weight is 233 g/mol. The maximum atomic E-state index is 8.84. The van der Waals surface area contributed by atoms with Crippen LogP contribution in [0.2, 0.25) is 0 Å². The second kappa shape index (κ2) is 5.25. The summed E-state index contributed by atoms with van der Waals surface area (Å²) in [6.07, 6.45) is 0.962. The lowest BCUT2D eigenvalue weighted by atomic mass is 10.1. The lowest BCUT2D eigenvalue weighted by Crippen LogP contribution is -2.11. The Labute approximate surface area is 99.5 Å². The topological polar surface area (TPSA) is 32.3 Å². The molecule has 1 atom stereocenters. The first-order valence-electron chi connectivity index (χ1n) is 5.32. The van der Waals surface area contributed by atoms with E-state index >= 15 is 0 Å². The van der Waals surface area contributed by atoms with Gasteiger partial charge in [-0.15, -0.1) is 11.3 Å². The second-order valence-corrected chi connectivity index (χ2v) is 5.02. The van der Waals surface area contributed by atoms with Gasteiger partial charge in [-0.1, -0.05) is 30.3 Å². The van der Waals surface area contributed by atoms with E-state index in [9.17, 15) is 0 Å². The van der Waals surface area contributed by atoms with E-state index in [2.05, 4.69) is 41.9 Å².